The lowest BCUT2D eigenvalue weighted by molar-refractivity contribution is -0.838. The molecule has 1 unspecified atom stereocenters. The van der Waals surface area contributed by atoms with Crippen LogP contribution in [0.4, 0.5) is 17.6 Å². The first-order valence-corrected chi connectivity index (χ1v) is 11.1. The maximum absolute atomic E-state index is 12.9. The zero-order chi connectivity index (χ0) is 24.0. The van der Waals surface area contributed by atoms with Crippen molar-refractivity contribution in [3.63, 3.8) is 0 Å². The number of ether oxygens (including phenoxy) is 2. The highest BCUT2D eigenvalue weighted by atomic mass is 32.1. The summed E-state index contributed by atoms with van der Waals surface area (Å²) in [5.41, 5.74) is 1.28. The van der Waals surface area contributed by atoms with Crippen LogP contribution in [0.2, 0.25) is 0 Å². The molecule has 180 valence electrons. The fourth-order valence-corrected chi connectivity index (χ4v) is 4.77. The third kappa shape index (κ3) is 6.32. The molecule has 0 amide bonds. The number of aliphatic hydroxyl groups is 1. The molecule has 3 rings (SSSR count). The number of nitrogens with two attached hydrogens (primary N) is 1. The van der Waals surface area contributed by atoms with Crippen LogP contribution >= 0.6 is 11.3 Å². The number of nitrogens with zero attached hydrogens (tertiary/aromatic N) is 1. The number of alkyl halides is 4. The van der Waals surface area contributed by atoms with Gasteiger partial charge < -0.3 is 14.6 Å². The highest BCUT2D eigenvalue weighted by Gasteiger charge is 2.39. The topological polar surface area (TPSA) is 88.4 Å². The van der Waals surface area contributed by atoms with Crippen LogP contribution < -0.4 is 15.0 Å². The SMILES string of the molecule is C/C=C(\C=C/[NH2+]O)CC(c1ccc(OC(F)F)c(OC(F)F)c1)c1cnc(C2(O)CCC2)s1. The van der Waals surface area contributed by atoms with E-state index in [1.807, 2.05) is 13.0 Å². The molecular formula is C22H25F4N2O4S+. The Kier molecular flexibility index (Phi) is 8.46. The summed E-state index contributed by atoms with van der Waals surface area (Å²) >= 11 is 1.32. The molecule has 1 saturated carbocycles. The maximum Gasteiger partial charge on any atom is 0.387 e. The van der Waals surface area contributed by atoms with E-state index in [-0.39, 0.29) is 0 Å². The van der Waals surface area contributed by atoms with Crippen molar-refractivity contribution in [2.45, 2.75) is 57.3 Å². The van der Waals surface area contributed by atoms with Gasteiger partial charge in [-0.25, -0.2) is 10.2 Å². The molecule has 0 spiro atoms. The fraction of sp³-hybridized carbons (Fsp3) is 0.409. The van der Waals surface area contributed by atoms with Gasteiger partial charge in [0.05, 0.1) is 0 Å². The minimum atomic E-state index is -3.23. The second-order valence-electron chi connectivity index (χ2n) is 7.54. The minimum Gasteiger partial charge on any atom is -0.431 e. The largest absolute Gasteiger partial charge is 0.431 e. The zero-order valence-corrected chi connectivity index (χ0v) is 18.6. The Hall–Kier alpha value is -2.47. The number of thiazole rings is 1. The summed E-state index contributed by atoms with van der Waals surface area (Å²) in [6, 6.07) is 3.93. The maximum atomic E-state index is 12.9. The summed E-state index contributed by atoms with van der Waals surface area (Å²) in [5.74, 6) is -1.41. The highest BCUT2D eigenvalue weighted by molar-refractivity contribution is 7.11. The molecule has 6 nitrogen and oxygen atoms in total. The van der Waals surface area contributed by atoms with E-state index in [0.717, 1.165) is 22.4 Å². The molecule has 11 heteroatoms. The van der Waals surface area contributed by atoms with Gasteiger partial charge in [0, 0.05) is 17.0 Å². The van der Waals surface area contributed by atoms with Crippen molar-refractivity contribution >= 4 is 11.3 Å². The van der Waals surface area contributed by atoms with Crippen LogP contribution in [0.15, 0.2) is 48.3 Å². The summed E-state index contributed by atoms with van der Waals surface area (Å²) in [4.78, 5) is 5.15. The van der Waals surface area contributed by atoms with Gasteiger partial charge >= 0.3 is 13.2 Å². The second kappa shape index (κ2) is 11.1. The van der Waals surface area contributed by atoms with Gasteiger partial charge in [-0.15, -0.1) is 11.3 Å². The molecule has 33 heavy (non-hydrogen) atoms. The Morgan fingerprint density at radius 1 is 1.21 bits per heavy atom. The van der Waals surface area contributed by atoms with Gasteiger partial charge in [0.1, 0.15) is 16.8 Å². The van der Waals surface area contributed by atoms with Gasteiger partial charge in [0.25, 0.3) is 0 Å². The number of hydroxylamine groups is 1. The molecule has 0 aliphatic heterocycles. The van der Waals surface area contributed by atoms with Gasteiger partial charge in [-0.05, 0) is 62.0 Å². The van der Waals surface area contributed by atoms with Crippen LogP contribution in [0, 0.1) is 0 Å². The smallest absolute Gasteiger partial charge is 0.387 e. The standard InChI is InChI=1S/C22H24F4N2O4S/c1-2-13(6-9-28-30)10-15(18-12-27-19(33-18)22(29)7-3-8-22)14-4-5-16(31-20(23)24)17(11-14)32-21(25)26/h2,4-6,9,11-12,15,20-21,28-30H,3,7-8,10H2,1H3/p+1/b9-6-,13-2+. The quantitative estimate of drug-likeness (QED) is 0.243. The summed E-state index contributed by atoms with van der Waals surface area (Å²) in [5, 5.41) is 20.2. The van der Waals surface area contributed by atoms with Crippen molar-refractivity contribution in [1.29, 1.82) is 0 Å². The third-order valence-electron chi connectivity index (χ3n) is 5.46. The number of allylic oxidation sites excluding steroid dienone is 3. The van der Waals surface area contributed by atoms with Gasteiger partial charge in [-0.3, -0.25) is 0 Å². The van der Waals surface area contributed by atoms with Crippen molar-refractivity contribution in [3.8, 4) is 11.5 Å². The van der Waals surface area contributed by atoms with Crippen molar-refractivity contribution in [1.82, 2.24) is 4.98 Å². The van der Waals surface area contributed by atoms with E-state index < -0.39 is 36.2 Å². The molecule has 1 aliphatic rings. The van der Waals surface area contributed by atoms with E-state index in [1.54, 1.807) is 12.3 Å². The van der Waals surface area contributed by atoms with Crippen molar-refractivity contribution < 1.29 is 42.8 Å². The van der Waals surface area contributed by atoms with E-state index in [0.29, 0.717) is 29.8 Å². The Morgan fingerprint density at radius 3 is 2.48 bits per heavy atom. The van der Waals surface area contributed by atoms with Gasteiger partial charge in [-0.1, -0.05) is 12.1 Å². The molecule has 2 aromatic rings. The van der Waals surface area contributed by atoms with Crippen LogP contribution in [-0.4, -0.2) is 28.5 Å². The minimum absolute atomic E-state index is 0.393. The first-order valence-electron chi connectivity index (χ1n) is 10.3. The van der Waals surface area contributed by atoms with E-state index in [1.165, 1.54) is 35.7 Å². The van der Waals surface area contributed by atoms with Crippen LogP contribution in [0.5, 0.6) is 11.5 Å². The molecular weight excluding hydrogens is 464 g/mol. The molecule has 1 atom stereocenters. The number of hydrogen-bond donors (Lipinski definition) is 3. The molecule has 4 N–H and O–H groups in total. The average molecular weight is 490 g/mol. The average Bonchev–Trinajstić information content (AvgIpc) is 3.23. The van der Waals surface area contributed by atoms with Crippen LogP contribution in [0.25, 0.3) is 0 Å². The first kappa shape index (κ1) is 25.2. The molecule has 0 saturated heterocycles. The summed E-state index contributed by atoms with van der Waals surface area (Å²) < 4.78 is 60.1. The summed E-state index contributed by atoms with van der Waals surface area (Å²) in [6.45, 7) is -4.61. The fourth-order valence-electron chi connectivity index (χ4n) is 3.58. The lowest BCUT2D eigenvalue weighted by Crippen LogP contribution is -2.73. The number of quaternary nitrogens is 1. The van der Waals surface area contributed by atoms with E-state index in [2.05, 4.69) is 14.5 Å². The van der Waals surface area contributed by atoms with Crippen molar-refractivity contribution in [2.75, 3.05) is 0 Å². The zero-order valence-electron chi connectivity index (χ0n) is 17.8. The van der Waals surface area contributed by atoms with Gasteiger partial charge in [-0.2, -0.15) is 23.0 Å². The first-order chi connectivity index (χ1) is 15.8. The molecule has 0 radical (unpaired) electrons. The highest BCUT2D eigenvalue weighted by Crippen LogP contribution is 2.45. The monoisotopic (exact) mass is 489 g/mol. The molecule has 1 aliphatic carbocycles. The van der Waals surface area contributed by atoms with Crippen molar-refractivity contribution in [2.24, 2.45) is 0 Å². The van der Waals surface area contributed by atoms with Gasteiger partial charge in [0.2, 0.25) is 0 Å². The van der Waals surface area contributed by atoms with Gasteiger partial charge in [0.15, 0.2) is 11.5 Å². The van der Waals surface area contributed by atoms with E-state index in [4.69, 9.17) is 5.21 Å². The summed E-state index contributed by atoms with van der Waals surface area (Å²) in [6.07, 6.45) is 9.14. The predicted octanol–water partition coefficient (Wildman–Crippen LogP) is 4.65. The number of rotatable bonds is 11. The molecule has 1 fully saturated rings. The third-order valence-corrected chi connectivity index (χ3v) is 6.76. The number of halogens is 4. The van der Waals surface area contributed by atoms with Crippen LogP contribution in [-0.2, 0) is 5.60 Å². The molecule has 1 aromatic heterocycles. The van der Waals surface area contributed by atoms with Crippen LogP contribution in [0.3, 0.4) is 0 Å². The predicted molar refractivity (Wildman–Crippen MR) is 113 cm³/mol. The van der Waals surface area contributed by atoms with E-state index >= 15 is 0 Å². The number of hydrogen-bond acceptors (Lipinski definition) is 6. The number of benzene rings is 1. The Bertz CT molecular complexity index is 993. The Labute approximate surface area is 192 Å². The molecule has 0 bridgehead atoms. The lowest BCUT2D eigenvalue weighted by Gasteiger charge is -2.34. The number of aromatic nitrogens is 1. The Balaban J connectivity index is 2.02. The summed E-state index contributed by atoms with van der Waals surface area (Å²) in [7, 11) is 0. The molecule has 1 aromatic carbocycles. The Morgan fingerprint density at radius 2 is 1.91 bits per heavy atom. The van der Waals surface area contributed by atoms with E-state index in [9.17, 15) is 22.7 Å². The molecule has 1 heterocycles. The van der Waals surface area contributed by atoms with Crippen molar-refractivity contribution in [3.05, 3.63) is 63.8 Å². The second-order valence-corrected chi connectivity index (χ2v) is 8.61. The van der Waals surface area contributed by atoms with Crippen LogP contribution in [0.1, 0.15) is 54.0 Å². The lowest BCUT2D eigenvalue weighted by atomic mass is 9.81. The normalized spacial score (nSPS) is 16.9.